The number of amides is 1. The van der Waals surface area contributed by atoms with Crippen LogP contribution in [0.5, 0.6) is 0 Å². The molecule has 11 heavy (non-hydrogen) atoms. The molecule has 0 aliphatic carbocycles. The van der Waals surface area contributed by atoms with E-state index in [1.54, 1.807) is 0 Å². The van der Waals surface area contributed by atoms with Crippen molar-refractivity contribution in [3.63, 3.8) is 0 Å². The second-order valence-electron chi connectivity index (χ2n) is 3.20. The highest BCUT2D eigenvalue weighted by molar-refractivity contribution is 5.74. The van der Waals surface area contributed by atoms with E-state index in [-0.39, 0.29) is 12.0 Å². The van der Waals surface area contributed by atoms with E-state index < -0.39 is 0 Å². The summed E-state index contributed by atoms with van der Waals surface area (Å²) in [7, 11) is 0. The van der Waals surface area contributed by atoms with E-state index in [9.17, 15) is 4.79 Å². The minimum Gasteiger partial charge on any atom is -0.377 e. The molecular formula is C8H15NO2. The Labute approximate surface area is 66.9 Å². The first-order valence-corrected chi connectivity index (χ1v) is 4.10. The second-order valence-corrected chi connectivity index (χ2v) is 3.20. The summed E-state index contributed by atoms with van der Waals surface area (Å²) in [6.45, 7) is 2.88. The van der Waals surface area contributed by atoms with Crippen LogP contribution in [-0.2, 0) is 9.53 Å². The van der Waals surface area contributed by atoms with Gasteiger partial charge in [-0.1, -0.05) is 6.92 Å². The first-order chi connectivity index (χ1) is 5.20. The van der Waals surface area contributed by atoms with Crippen LogP contribution in [0.15, 0.2) is 0 Å². The Morgan fingerprint density at radius 3 is 3.00 bits per heavy atom. The highest BCUT2D eigenvalue weighted by Gasteiger charge is 2.23. The maximum atomic E-state index is 10.6. The lowest BCUT2D eigenvalue weighted by Crippen LogP contribution is -2.32. The Kier molecular flexibility index (Phi) is 2.88. The molecular weight excluding hydrogens is 142 g/mol. The first-order valence-electron chi connectivity index (χ1n) is 4.10. The molecule has 0 saturated carbocycles. The van der Waals surface area contributed by atoms with Crippen molar-refractivity contribution >= 4 is 5.91 Å². The van der Waals surface area contributed by atoms with Crippen LogP contribution in [0.25, 0.3) is 0 Å². The molecule has 1 aliphatic heterocycles. The van der Waals surface area contributed by atoms with Crippen LogP contribution in [0.4, 0.5) is 0 Å². The zero-order valence-electron chi connectivity index (χ0n) is 6.88. The van der Waals surface area contributed by atoms with E-state index in [0.29, 0.717) is 12.3 Å². The summed E-state index contributed by atoms with van der Waals surface area (Å²) in [5, 5.41) is 0. The van der Waals surface area contributed by atoms with Crippen molar-refractivity contribution in [1.82, 2.24) is 0 Å². The van der Waals surface area contributed by atoms with E-state index in [0.717, 1.165) is 19.4 Å². The molecule has 0 bridgehead atoms. The van der Waals surface area contributed by atoms with Gasteiger partial charge in [0.1, 0.15) is 0 Å². The van der Waals surface area contributed by atoms with Gasteiger partial charge in [0, 0.05) is 6.61 Å². The number of hydrogen-bond acceptors (Lipinski definition) is 2. The van der Waals surface area contributed by atoms with Crippen LogP contribution >= 0.6 is 0 Å². The SMILES string of the molecule is C[C@@H]1CCCO[C@H]1CC(N)=O. The predicted molar refractivity (Wildman–Crippen MR) is 41.9 cm³/mol. The molecule has 0 unspecified atom stereocenters. The molecule has 1 fully saturated rings. The van der Waals surface area contributed by atoms with Crippen molar-refractivity contribution in [3.8, 4) is 0 Å². The maximum absolute atomic E-state index is 10.6. The van der Waals surface area contributed by atoms with Gasteiger partial charge < -0.3 is 10.5 Å². The highest BCUT2D eigenvalue weighted by atomic mass is 16.5. The standard InChI is InChI=1S/C8H15NO2/c1-6-3-2-4-11-7(6)5-8(9)10/h6-7H,2-5H2,1H3,(H2,9,10)/t6-,7+/m1/s1. The summed E-state index contributed by atoms with van der Waals surface area (Å²) >= 11 is 0. The molecule has 0 aromatic carbocycles. The quantitative estimate of drug-likeness (QED) is 0.640. The van der Waals surface area contributed by atoms with Crippen LogP contribution in [0.1, 0.15) is 26.2 Å². The monoisotopic (exact) mass is 157 g/mol. The molecule has 64 valence electrons. The molecule has 1 rings (SSSR count). The number of rotatable bonds is 2. The molecule has 2 N–H and O–H groups in total. The average molecular weight is 157 g/mol. The zero-order chi connectivity index (χ0) is 8.27. The molecule has 1 amide bonds. The fourth-order valence-corrected chi connectivity index (χ4v) is 1.45. The van der Waals surface area contributed by atoms with Gasteiger partial charge in [0.15, 0.2) is 0 Å². The van der Waals surface area contributed by atoms with Crippen LogP contribution in [0, 0.1) is 5.92 Å². The molecule has 1 saturated heterocycles. The summed E-state index contributed by atoms with van der Waals surface area (Å²) in [5.74, 6) is 0.222. The van der Waals surface area contributed by atoms with E-state index in [1.807, 2.05) is 0 Å². The Balaban J connectivity index is 2.35. The van der Waals surface area contributed by atoms with Crippen molar-refractivity contribution in [2.24, 2.45) is 11.7 Å². The minimum atomic E-state index is -0.260. The number of nitrogens with two attached hydrogens (primary N) is 1. The van der Waals surface area contributed by atoms with Crippen LogP contribution in [0.2, 0.25) is 0 Å². The number of ether oxygens (including phenoxy) is 1. The summed E-state index contributed by atoms with van der Waals surface area (Å²) in [6.07, 6.45) is 2.71. The van der Waals surface area contributed by atoms with E-state index in [2.05, 4.69) is 6.92 Å². The average Bonchev–Trinajstić information content (AvgIpc) is 1.93. The Hall–Kier alpha value is -0.570. The Morgan fingerprint density at radius 1 is 1.73 bits per heavy atom. The zero-order valence-corrected chi connectivity index (χ0v) is 6.88. The number of carbonyl (C=O) groups excluding carboxylic acids is 1. The molecule has 0 spiro atoms. The Morgan fingerprint density at radius 2 is 2.45 bits per heavy atom. The van der Waals surface area contributed by atoms with Crippen molar-refractivity contribution in [1.29, 1.82) is 0 Å². The van der Waals surface area contributed by atoms with Crippen molar-refractivity contribution in [2.75, 3.05) is 6.61 Å². The lowest BCUT2D eigenvalue weighted by Gasteiger charge is -2.27. The van der Waals surface area contributed by atoms with Gasteiger partial charge in [0.2, 0.25) is 5.91 Å². The van der Waals surface area contributed by atoms with E-state index >= 15 is 0 Å². The lowest BCUT2D eigenvalue weighted by molar-refractivity contribution is -0.123. The van der Waals surface area contributed by atoms with E-state index in [4.69, 9.17) is 10.5 Å². The largest absolute Gasteiger partial charge is 0.377 e. The fourth-order valence-electron chi connectivity index (χ4n) is 1.45. The molecule has 3 nitrogen and oxygen atoms in total. The maximum Gasteiger partial charge on any atom is 0.220 e. The fraction of sp³-hybridized carbons (Fsp3) is 0.875. The Bertz CT molecular complexity index is 147. The lowest BCUT2D eigenvalue weighted by atomic mass is 9.94. The minimum absolute atomic E-state index is 0.0706. The second kappa shape index (κ2) is 3.72. The van der Waals surface area contributed by atoms with Gasteiger partial charge >= 0.3 is 0 Å². The third-order valence-electron chi connectivity index (χ3n) is 2.17. The topological polar surface area (TPSA) is 52.3 Å². The third kappa shape index (κ3) is 2.50. The van der Waals surface area contributed by atoms with Gasteiger partial charge in [-0.3, -0.25) is 4.79 Å². The van der Waals surface area contributed by atoms with E-state index in [1.165, 1.54) is 0 Å². The molecule has 0 radical (unpaired) electrons. The van der Waals surface area contributed by atoms with Gasteiger partial charge in [0.25, 0.3) is 0 Å². The number of carbonyl (C=O) groups is 1. The molecule has 0 aromatic heterocycles. The first kappa shape index (κ1) is 8.53. The van der Waals surface area contributed by atoms with Crippen LogP contribution in [-0.4, -0.2) is 18.6 Å². The summed E-state index contributed by atoms with van der Waals surface area (Å²) in [4.78, 5) is 10.6. The van der Waals surface area contributed by atoms with Crippen molar-refractivity contribution < 1.29 is 9.53 Å². The van der Waals surface area contributed by atoms with Gasteiger partial charge in [0.05, 0.1) is 12.5 Å². The third-order valence-corrected chi connectivity index (χ3v) is 2.17. The highest BCUT2D eigenvalue weighted by Crippen LogP contribution is 2.21. The summed E-state index contributed by atoms with van der Waals surface area (Å²) in [6, 6.07) is 0. The normalized spacial score (nSPS) is 31.7. The predicted octanol–water partition coefficient (Wildman–Crippen LogP) is 0.677. The number of primary amides is 1. The molecule has 1 heterocycles. The molecule has 1 aliphatic rings. The molecule has 2 atom stereocenters. The smallest absolute Gasteiger partial charge is 0.220 e. The van der Waals surface area contributed by atoms with Gasteiger partial charge in [-0.2, -0.15) is 0 Å². The van der Waals surface area contributed by atoms with Crippen molar-refractivity contribution in [3.05, 3.63) is 0 Å². The van der Waals surface area contributed by atoms with Crippen LogP contribution in [0.3, 0.4) is 0 Å². The van der Waals surface area contributed by atoms with Crippen LogP contribution < -0.4 is 5.73 Å². The molecule has 0 aromatic rings. The van der Waals surface area contributed by atoms with Gasteiger partial charge in [-0.15, -0.1) is 0 Å². The number of hydrogen-bond donors (Lipinski definition) is 1. The van der Waals surface area contributed by atoms with Gasteiger partial charge in [-0.05, 0) is 18.8 Å². The van der Waals surface area contributed by atoms with Gasteiger partial charge in [-0.25, -0.2) is 0 Å². The van der Waals surface area contributed by atoms with Crippen molar-refractivity contribution in [2.45, 2.75) is 32.3 Å². The summed E-state index contributed by atoms with van der Waals surface area (Å²) in [5.41, 5.74) is 5.07. The summed E-state index contributed by atoms with van der Waals surface area (Å²) < 4.78 is 5.40. The molecule has 3 heteroatoms.